The van der Waals surface area contributed by atoms with Gasteiger partial charge < -0.3 is 9.47 Å². The minimum Gasteiger partial charge on any atom is -0.469 e. The molecular formula is C12H18O4. The average Bonchev–Trinajstić information content (AvgIpc) is 2.18. The highest BCUT2D eigenvalue weighted by Crippen LogP contribution is 2.63. The maximum Gasteiger partial charge on any atom is 0.312 e. The Kier molecular flexibility index (Phi) is 2.68. The van der Waals surface area contributed by atoms with Crippen LogP contribution in [-0.4, -0.2) is 26.2 Å². The van der Waals surface area contributed by atoms with Crippen molar-refractivity contribution < 1.29 is 19.1 Å². The van der Waals surface area contributed by atoms with Gasteiger partial charge in [0.05, 0.1) is 25.0 Å². The fourth-order valence-electron chi connectivity index (χ4n) is 3.21. The second kappa shape index (κ2) is 3.75. The Morgan fingerprint density at radius 2 is 1.12 bits per heavy atom. The lowest BCUT2D eigenvalue weighted by molar-refractivity contribution is -0.199. The lowest BCUT2D eigenvalue weighted by Crippen LogP contribution is -2.60. The molecule has 16 heavy (non-hydrogen) atoms. The van der Waals surface area contributed by atoms with Gasteiger partial charge in [0, 0.05) is 0 Å². The third-order valence-electron chi connectivity index (χ3n) is 4.48. The van der Waals surface area contributed by atoms with E-state index in [1.165, 1.54) is 14.2 Å². The molecule has 0 atom stereocenters. The van der Waals surface area contributed by atoms with Gasteiger partial charge in [-0.05, 0) is 25.7 Å². The van der Waals surface area contributed by atoms with Crippen LogP contribution < -0.4 is 0 Å². The number of carbonyl (C=O) groups excluding carboxylic acids is 2. The Morgan fingerprint density at radius 1 is 0.812 bits per heavy atom. The quantitative estimate of drug-likeness (QED) is 0.687. The van der Waals surface area contributed by atoms with E-state index < -0.39 is 10.8 Å². The molecule has 0 bridgehead atoms. The highest BCUT2D eigenvalue weighted by Gasteiger charge is 2.67. The molecule has 2 aliphatic rings. The molecule has 0 aromatic rings. The first kappa shape index (κ1) is 11.4. The van der Waals surface area contributed by atoms with Crippen LogP contribution in [0, 0.1) is 10.8 Å². The van der Waals surface area contributed by atoms with E-state index in [9.17, 15) is 9.59 Å². The number of carbonyl (C=O) groups is 2. The molecule has 0 unspecified atom stereocenters. The Labute approximate surface area is 95.3 Å². The lowest BCUT2D eigenvalue weighted by atomic mass is 9.45. The fourth-order valence-corrected chi connectivity index (χ4v) is 3.21. The third kappa shape index (κ3) is 1.16. The lowest BCUT2D eigenvalue weighted by Gasteiger charge is -2.56. The molecule has 90 valence electrons. The normalized spacial score (nSPS) is 24.9. The summed E-state index contributed by atoms with van der Waals surface area (Å²) < 4.78 is 9.77. The maximum absolute atomic E-state index is 11.9. The first-order valence-electron chi connectivity index (χ1n) is 5.80. The molecular weight excluding hydrogens is 208 g/mol. The SMILES string of the molecule is COC(=O)C1(C2(C(=O)OC)CCC2)CCC1. The van der Waals surface area contributed by atoms with Gasteiger partial charge in [-0.25, -0.2) is 0 Å². The van der Waals surface area contributed by atoms with Gasteiger partial charge in [-0.3, -0.25) is 9.59 Å². The van der Waals surface area contributed by atoms with Gasteiger partial charge in [-0.1, -0.05) is 12.8 Å². The van der Waals surface area contributed by atoms with Crippen LogP contribution in [0.15, 0.2) is 0 Å². The van der Waals surface area contributed by atoms with Crippen molar-refractivity contribution in [2.24, 2.45) is 10.8 Å². The second-order valence-electron chi connectivity index (χ2n) is 4.85. The minimum absolute atomic E-state index is 0.233. The van der Waals surface area contributed by atoms with Crippen molar-refractivity contribution in [3.8, 4) is 0 Å². The van der Waals surface area contributed by atoms with Crippen LogP contribution >= 0.6 is 0 Å². The summed E-state index contributed by atoms with van der Waals surface area (Å²) in [5, 5.41) is 0. The second-order valence-corrected chi connectivity index (χ2v) is 4.85. The molecule has 0 saturated heterocycles. The third-order valence-corrected chi connectivity index (χ3v) is 4.48. The highest BCUT2D eigenvalue weighted by molar-refractivity contribution is 5.89. The van der Waals surface area contributed by atoms with Crippen LogP contribution in [0.5, 0.6) is 0 Å². The van der Waals surface area contributed by atoms with Crippen LogP contribution in [0.4, 0.5) is 0 Å². The van der Waals surface area contributed by atoms with Crippen LogP contribution in [0.3, 0.4) is 0 Å². The van der Waals surface area contributed by atoms with E-state index >= 15 is 0 Å². The highest BCUT2D eigenvalue weighted by atomic mass is 16.5. The van der Waals surface area contributed by atoms with Crippen LogP contribution in [0.2, 0.25) is 0 Å². The summed E-state index contributed by atoms with van der Waals surface area (Å²) in [4.78, 5) is 23.9. The summed E-state index contributed by atoms with van der Waals surface area (Å²) in [6, 6.07) is 0. The first-order chi connectivity index (χ1) is 7.63. The Balaban J connectivity index is 2.31. The van der Waals surface area contributed by atoms with Gasteiger partial charge in [0.2, 0.25) is 0 Å². The number of hydrogen-bond acceptors (Lipinski definition) is 4. The predicted octanol–water partition coefficient (Wildman–Crippen LogP) is 1.67. The Morgan fingerprint density at radius 3 is 1.25 bits per heavy atom. The first-order valence-corrected chi connectivity index (χ1v) is 5.80. The molecule has 4 heteroatoms. The van der Waals surface area contributed by atoms with Gasteiger partial charge >= 0.3 is 11.9 Å². The van der Waals surface area contributed by atoms with E-state index in [0.717, 1.165) is 38.5 Å². The summed E-state index contributed by atoms with van der Waals surface area (Å²) in [6.07, 6.45) is 5.02. The van der Waals surface area contributed by atoms with E-state index in [1.807, 2.05) is 0 Å². The molecule has 0 heterocycles. The Bertz CT molecular complexity index is 281. The molecule has 0 amide bonds. The molecule has 2 rings (SSSR count). The van der Waals surface area contributed by atoms with E-state index in [-0.39, 0.29) is 11.9 Å². The minimum atomic E-state index is -0.590. The number of hydrogen-bond donors (Lipinski definition) is 0. The summed E-state index contributed by atoms with van der Waals surface area (Å²) in [5.74, 6) is -0.465. The molecule has 2 aliphatic carbocycles. The van der Waals surface area contributed by atoms with Crippen molar-refractivity contribution in [3.63, 3.8) is 0 Å². The zero-order chi connectivity index (χ0) is 11.8. The predicted molar refractivity (Wildman–Crippen MR) is 56.6 cm³/mol. The fraction of sp³-hybridized carbons (Fsp3) is 0.833. The molecule has 0 spiro atoms. The largest absolute Gasteiger partial charge is 0.469 e. The van der Waals surface area contributed by atoms with Gasteiger partial charge in [0.1, 0.15) is 0 Å². The molecule has 0 aromatic carbocycles. The summed E-state index contributed by atoms with van der Waals surface area (Å²) >= 11 is 0. The van der Waals surface area contributed by atoms with Crippen LogP contribution in [0.1, 0.15) is 38.5 Å². The van der Waals surface area contributed by atoms with Gasteiger partial charge in [0.15, 0.2) is 0 Å². The monoisotopic (exact) mass is 226 g/mol. The standard InChI is InChI=1S/C12H18O4/c1-15-9(13)11(5-3-6-11)12(7-4-8-12)10(14)16-2/h3-8H2,1-2H3. The number of ether oxygens (including phenoxy) is 2. The summed E-state index contributed by atoms with van der Waals surface area (Å²) in [7, 11) is 2.79. The maximum atomic E-state index is 11.9. The van der Waals surface area contributed by atoms with Crippen molar-refractivity contribution in [2.75, 3.05) is 14.2 Å². The molecule has 2 fully saturated rings. The summed E-state index contributed by atoms with van der Waals surface area (Å²) in [6.45, 7) is 0. The smallest absolute Gasteiger partial charge is 0.312 e. The molecule has 4 nitrogen and oxygen atoms in total. The van der Waals surface area contributed by atoms with Gasteiger partial charge in [-0.15, -0.1) is 0 Å². The number of methoxy groups -OCH3 is 2. The molecule has 0 aromatic heterocycles. The van der Waals surface area contributed by atoms with Crippen molar-refractivity contribution >= 4 is 11.9 Å². The van der Waals surface area contributed by atoms with Crippen LogP contribution in [-0.2, 0) is 19.1 Å². The topological polar surface area (TPSA) is 52.6 Å². The zero-order valence-corrected chi connectivity index (χ0v) is 9.88. The molecule has 0 aliphatic heterocycles. The van der Waals surface area contributed by atoms with Gasteiger partial charge in [0.25, 0.3) is 0 Å². The van der Waals surface area contributed by atoms with E-state index in [0.29, 0.717) is 0 Å². The molecule has 0 radical (unpaired) electrons. The van der Waals surface area contributed by atoms with Crippen molar-refractivity contribution in [1.82, 2.24) is 0 Å². The average molecular weight is 226 g/mol. The van der Waals surface area contributed by atoms with Crippen molar-refractivity contribution in [1.29, 1.82) is 0 Å². The van der Waals surface area contributed by atoms with E-state index in [4.69, 9.17) is 9.47 Å². The Hall–Kier alpha value is -1.06. The number of esters is 2. The zero-order valence-electron chi connectivity index (χ0n) is 9.88. The van der Waals surface area contributed by atoms with Crippen molar-refractivity contribution in [3.05, 3.63) is 0 Å². The van der Waals surface area contributed by atoms with E-state index in [1.54, 1.807) is 0 Å². The van der Waals surface area contributed by atoms with Crippen molar-refractivity contribution in [2.45, 2.75) is 38.5 Å². The van der Waals surface area contributed by atoms with Gasteiger partial charge in [-0.2, -0.15) is 0 Å². The number of rotatable bonds is 3. The molecule has 2 saturated carbocycles. The molecule has 0 N–H and O–H groups in total. The van der Waals surface area contributed by atoms with Crippen LogP contribution in [0.25, 0.3) is 0 Å². The summed E-state index contributed by atoms with van der Waals surface area (Å²) in [5.41, 5.74) is -1.18. The van der Waals surface area contributed by atoms with E-state index in [2.05, 4.69) is 0 Å².